The third-order valence-electron chi connectivity index (χ3n) is 4.01. The molecular weight excluding hydrogens is 228 g/mol. The molecule has 1 rings (SSSR count). The van der Waals surface area contributed by atoms with Crippen molar-refractivity contribution < 1.29 is 9.53 Å². The molecule has 0 N–H and O–H groups in total. The SMILES string of the molecule is CCC(CC)N(CCOC)C(=O)C1(C#N)CCC1. The molecule has 1 amide bonds. The van der Waals surface area contributed by atoms with Crippen molar-refractivity contribution in [3.8, 4) is 6.07 Å². The van der Waals surface area contributed by atoms with Gasteiger partial charge in [0.25, 0.3) is 0 Å². The molecule has 0 unspecified atom stereocenters. The molecule has 0 aromatic carbocycles. The number of rotatable bonds is 7. The van der Waals surface area contributed by atoms with E-state index in [9.17, 15) is 10.1 Å². The zero-order valence-corrected chi connectivity index (χ0v) is 11.7. The van der Waals surface area contributed by atoms with Gasteiger partial charge in [-0.1, -0.05) is 13.8 Å². The van der Waals surface area contributed by atoms with Crippen LogP contribution in [0.4, 0.5) is 0 Å². The van der Waals surface area contributed by atoms with E-state index in [1.165, 1.54) is 0 Å². The average molecular weight is 252 g/mol. The van der Waals surface area contributed by atoms with E-state index in [-0.39, 0.29) is 11.9 Å². The molecule has 102 valence electrons. The second-order valence-electron chi connectivity index (χ2n) is 5.01. The maximum atomic E-state index is 12.6. The zero-order chi connectivity index (χ0) is 13.6. The molecule has 0 aliphatic heterocycles. The first-order chi connectivity index (χ1) is 8.65. The fourth-order valence-electron chi connectivity index (χ4n) is 2.55. The van der Waals surface area contributed by atoms with Crippen LogP contribution in [0.3, 0.4) is 0 Å². The van der Waals surface area contributed by atoms with Crippen LogP contribution >= 0.6 is 0 Å². The summed E-state index contributed by atoms with van der Waals surface area (Å²) in [5.74, 6) is 0.0157. The van der Waals surface area contributed by atoms with Crippen molar-refractivity contribution in [3.63, 3.8) is 0 Å². The summed E-state index contributed by atoms with van der Waals surface area (Å²) in [5, 5.41) is 9.28. The highest BCUT2D eigenvalue weighted by atomic mass is 16.5. The smallest absolute Gasteiger partial charge is 0.243 e. The molecular formula is C14H24N2O2. The second-order valence-corrected chi connectivity index (χ2v) is 5.01. The van der Waals surface area contributed by atoms with Crippen LogP contribution in [0.25, 0.3) is 0 Å². The summed E-state index contributed by atoms with van der Waals surface area (Å²) in [7, 11) is 1.64. The Morgan fingerprint density at radius 1 is 1.44 bits per heavy atom. The number of methoxy groups -OCH3 is 1. The van der Waals surface area contributed by atoms with E-state index < -0.39 is 5.41 Å². The quantitative estimate of drug-likeness (QED) is 0.699. The van der Waals surface area contributed by atoms with Gasteiger partial charge in [-0.2, -0.15) is 5.26 Å². The van der Waals surface area contributed by atoms with Crippen molar-refractivity contribution in [2.45, 2.75) is 52.0 Å². The molecule has 1 saturated carbocycles. The summed E-state index contributed by atoms with van der Waals surface area (Å²) in [6, 6.07) is 2.46. The third-order valence-corrected chi connectivity index (χ3v) is 4.01. The maximum absolute atomic E-state index is 12.6. The molecule has 4 heteroatoms. The van der Waals surface area contributed by atoms with E-state index in [4.69, 9.17) is 4.74 Å². The summed E-state index contributed by atoms with van der Waals surface area (Å²) >= 11 is 0. The first-order valence-corrected chi connectivity index (χ1v) is 6.86. The van der Waals surface area contributed by atoms with E-state index in [1.807, 2.05) is 4.90 Å². The Hall–Kier alpha value is -1.08. The van der Waals surface area contributed by atoms with Gasteiger partial charge in [-0.05, 0) is 32.1 Å². The minimum Gasteiger partial charge on any atom is -0.383 e. The number of carbonyl (C=O) groups excluding carboxylic acids is 1. The van der Waals surface area contributed by atoms with Gasteiger partial charge in [0.1, 0.15) is 5.41 Å². The Balaban J connectivity index is 2.81. The number of hydrogen-bond acceptors (Lipinski definition) is 3. The molecule has 4 nitrogen and oxygen atoms in total. The van der Waals surface area contributed by atoms with Crippen LogP contribution < -0.4 is 0 Å². The second kappa shape index (κ2) is 6.75. The lowest BCUT2D eigenvalue weighted by Gasteiger charge is -2.41. The molecule has 18 heavy (non-hydrogen) atoms. The molecule has 0 aromatic heterocycles. The van der Waals surface area contributed by atoms with Crippen LogP contribution in [0.1, 0.15) is 46.0 Å². The summed E-state index contributed by atoms with van der Waals surface area (Å²) in [5.41, 5.74) is -0.740. The van der Waals surface area contributed by atoms with Gasteiger partial charge in [-0.25, -0.2) is 0 Å². The summed E-state index contributed by atoms with van der Waals surface area (Å²) in [4.78, 5) is 14.5. The molecule has 0 spiro atoms. The standard InChI is InChI=1S/C14H24N2O2/c1-4-12(5-2)16(9-10-18-3)13(17)14(11-15)7-6-8-14/h12H,4-10H2,1-3H3. The maximum Gasteiger partial charge on any atom is 0.243 e. The first-order valence-electron chi connectivity index (χ1n) is 6.86. The van der Waals surface area contributed by atoms with E-state index in [2.05, 4.69) is 19.9 Å². The summed E-state index contributed by atoms with van der Waals surface area (Å²) < 4.78 is 5.08. The lowest BCUT2D eigenvalue weighted by atomic mass is 9.68. The van der Waals surface area contributed by atoms with Crippen LogP contribution in [0.5, 0.6) is 0 Å². The zero-order valence-electron chi connectivity index (χ0n) is 11.7. The number of nitriles is 1. The normalized spacial score (nSPS) is 17.1. The van der Waals surface area contributed by atoms with E-state index in [1.54, 1.807) is 7.11 Å². The number of ether oxygens (including phenoxy) is 1. The molecule has 0 atom stereocenters. The van der Waals surface area contributed by atoms with Gasteiger partial charge in [0, 0.05) is 19.7 Å². The molecule has 0 saturated heterocycles. The lowest BCUT2D eigenvalue weighted by molar-refractivity contribution is -0.146. The van der Waals surface area contributed by atoms with Gasteiger partial charge in [0.2, 0.25) is 5.91 Å². The molecule has 0 aromatic rings. The van der Waals surface area contributed by atoms with Crippen molar-refractivity contribution in [1.29, 1.82) is 5.26 Å². The fraction of sp³-hybridized carbons (Fsp3) is 0.857. The lowest BCUT2D eigenvalue weighted by Crippen LogP contribution is -2.51. The van der Waals surface area contributed by atoms with E-state index in [0.29, 0.717) is 26.0 Å². The Labute approximate surface area is 110 Å². The van der Waals surface area contributed by atoms with Crippen molar-refractivity contribution >= 4 is 5.91 Å². The van der Waals surface area contributed by atoms with E-state index >= 15 is 0 Å². The number of hydrogen-bond donors (Lipinski definition) is 0. The predicted molar refractivity (Wildman–Crippen MR) is 69.9 cm³/mol. The van der Waals surface area contributed by atoms with Gasteiger partial charge in [-0.15, -0.1) is 0 Å². The van der Waals surface area contributed by atoms with E-state index in [0.717, 1.165) is 19.3 Å². The minimum absolute atomic E-state index is 0.0157. The summed E-state index contributed by atoms with van der Waals surface area (Å²) in [6.45, 7) is 5.29. The topological polar surface area (TPSA) is 53.3 Å². The molecule has 1 aliphatic carbocycles. The van der Waals surface area contributed by atoms with Crippen LogP contribution in [0.15, 0.2) is 0 Å². The van der Waals surface area contributed by atoms with Gasteiger partial charge in [-0.3, -0.25) is 4.79 Å². The van der Waals surface area contributed by atoms with Crippen LogP contribution in [-0.2, 0) is 9.53 Å². The number of amides is 1. The average Bonchev–Trinajstić information content (AvgIpc) is 2.33. The van der Waals surface area contributed by atoms with Crippen molar-refractivity contribution in [1.82, 2.24) is 4.90 Å². The van der Waals surface area contributed by atoms with Crippen LogP contribution in [0.2, 0.25) is 0 Å². The third kappa shape index (κ3) is 2.84. The highest BCUT2D eigenvalue weighted by Crippen LogP contribution is 2.42. The molecule has 1 aliphatic rings. The van der Waals surface area contributed by atoms with Crippen molar-refractivity contribution in [2.75, 3.05) is 20.3 Å². The van der Waals surface area contributed by atoms with Crippen LogP contribution in [-0.4, -0.2) is 37.1 Å². The van der Waals surface area contributed by atoms with Gasteiger partial charge in [0.15, 0.2) is 0 Å². The van der Waals surface area contributed by atoms with Crippen molar-refractivity contribution in [2.24, 2.45) is 5.41 Å². The monoisotopic (exact) mass is 252 g/mol. The predicted octanol–water partition coefficient (Wildman–Crippen LogP) is 2.34. The Morgan fingerprint density at radius 3 is 2.39 bits per heavy atom. The Kier molecular flexibility index (Phi) is 5.61. The first kappa shape index (κ1) is 15.0. The minimum atomic E-state index is -0.740. The van der Waals surface area contributed by atoms with Gasteiger partial charge < -0.3 is 9.64 Å². The van der Waals surface area contributed by atoms with Crippen LogP contribution in [0, 0.1) is 16.7 Å². The Bertz CT molecular complexity index is 314. The van der Waals surface area contributed by atoms with Crippen molar-refractivity contribution in [3.05, 3.63) is 0 Å². The number of carbonyl (C=O) groups is 1. The highest BCUT2D eigenvalue weighted by Gasteiger charge is 2.47. The Morgan fingerprint density at radius 2 is 2.06 bits per heavy atom. The molecule has 0 radical (unpaired) electrons. The number of nitrogens with zero attached hydrogens (tertiary/aromatic N) is 2. The molecule has 0 bridgehead atoms. The fourth-order valence-corrected chi connectivity index (χ4v) is 2.55. The largest absolute Gasteiger partial charge is 0.383 e. The molecule has 1 fully saturated rings. The summed E-state index contributed by atoms with van der Waals surface area (Å²) in [6.07, 6.45) is 4.26. The highest BCUT2D eigenvalue weighted by molar-refractivity contribution is 5.86. The van der Waals surface area contributed by atoms with Gasteiger partial charge >= 0.3 is 0 Å². The molecule has 0 heterocycles. The van der Waals surface area contributed by atoms with Gasteiger partial charge in [0.05, 0.1) is 12.7 Å².